The van der Waals surface area contributed by atoms with E-state index in [0.717, 1.165) is 30.7 Å². The number of carbonyl (C=O) groups excluding carboxylic acids is 1. The van der Waals surface area contributed by atoms with Crippen LogP contribution in [0.5, 0.6) is 0 Å². The molecule has 9 heterocycles. The third-order valence-electron chi connectivity index (χ3n) is 12.4. The minimum atomic E-state index is -6.23. The number of amides is 1. The van der Waals surface area contributed by atoms with Crippen molar-refractivity contribution in [1.29, 1.82) is 0 Å². The number of phosphoric ester groups is 3. The summed E-state index contributed by atoms with van der Waals surface area (Å²) in [5.74, 6) is -2.60. The van der Waals surface area contributed by atoms with Gasteiger partial charge in [-0.2, -0.15) is 13.6 Å². The molecule has 3 fully saturated rings. The summed E-state index contributed by atoms with van der Waals surface area (Å²) >= 11 is 0. The van der Waals surface area contributed by atoms with Crippen molar-refractivity contribution in [3.8, 4) is 0 Å². The van der Waals surface area contributed by atoms with E-state index in [2.05, 4.69) is 53.8 Å². The summed E-state index contributed by atoms with van der Waals surface area (Å²) in [4.78, 5) is 109. The zero-order valence-electron chi connectivity index (χ0n) is 40.6. The van der Waals surface area contributed by atoms with E-state index in [1.165, 1.54) is 34.1 Å². The molecular formula is C35H49N16O24P4+. The predicted molar refractivity (Wildman–Crippen MR) is 255 cm³/mol. The van der Waals surface area contributed by atoms with Gasteiger partial charge in [0.15, 0.2) is 41.4 Å². The Labute approximate surface area is 438 Å². The summed E-state index contributed by atoms with van der Waals surface area (Å²) in [6.07, 6.45) is -14.0. The maximum Gasteiger partial charge on any atom is 0.490 e. The molecule has 4 unspecified atom stereocenters. The van der Waals surface area contributed by atoms with Gasteiger partial charge in [0.25, 0.3) is 17.1 Å². The summed E-state index contributed by atoms with van der Waals surface area (Å²) in [7, 11) is -19.7. The fourth-order valence-electron chi connectivity index (χ4n) is 8.94. The van der Waals surface area contributed by atoms with Crippen molar-refractivity contribution >= 4 is 88.4 Å². The highest BCUT2D eigenvalue weighted by molar-refractivity contribution is 7.66. The van der Waals surface area contributed by atoms with E-state index in [1.54, 1.807) is 0 Å². The van der Waals surface area contributed by atoms with Crippen LogP contribution < -0.4 is 38.2 Å². The molecule has 432 valence electrons. The molecule has 40 nitrogen and oxygen atoms in total. The quantitative estimate of drug-likeness (QED) is 0.0239. The number of nitrogens with one attached hydrogen (secondary N) is 3. The normalized spacial score (nSPS) is 29.4. The Morgan fingerprint density at radius 3 is 2.00 bits per heavy atom. The van der Waals surface area contributed by atoms with Gasteiger partial charge in [-0.05, 0) is 0 Å². The van der Waals surface area contributed by atoms with Gasteiger partial charge in [0.05, 0.1) is 45.6 Å². The number of aromatic nitrogens is 12. The lowest BCUT2D eigenvalue weighted by Gasteiger charge is -2.26. The van der Waals surface area contributed by atoms with Crippen molar-refractivity contribution in [3.05, 3.63) is 46.0 Å². The van der Waals surface area contributed by atoms with Gasteiger partial charge in [-0.25, -0.2) is 42.8 Å². The second-order valence-corrected chi connectivity index (χ2v) is 23.6. The number of nitrogens with zero attached hydrogens (tertiary/aromatic N) is 10. The number of imidazole rings is 3. The Morgan fingerprint density at radius 1 is 0.734 bits per heavy atom. The first-order valence-corrected chi connectivity index (χ1v) is 28.6. The number of anilines is 3. The molecule has 9 rings (SSSR count). The van der Waals surface area contributed by atoms with Crippen molar-refractivity contribution < 1.29 is 108 Å². The fraction of sp³-hybridized carbons (Fsp3) is 0.543. The zero-order valence-corrected chi connectivity index (χ0v) is 44.2. The number of aliphatic hydroxyl groups excluding tert-OH is 3. The van der Waals surface area contributed by atoms with E-state index in [1.807, 2.05) is 0 Å². The Bertz CT molecular complexity index is 3620. The number of methoxy groups -OCH3 is 1. The number of carbonyl (C=O) groups is 1. The molecule has 0 radical (unpaired) electrons. The first-order chi connectivity index (χ1) is 37.1. The van der Waals surface area contributed by atoms with Gasteiger partial charge >= 0.3 is 36.9 Å². The second-order valence-electron chi connectivity index (χ2n) is 17.5. The number of aromatic amines is 2. The largest absolute Gasteiger partial charge is 0.490 e. The Balaban J connectivity index is 0.876. The van der Waals surface area contributed by atoms with E-state index in [4.69, 9.17) is 54.2 Å². The van der Waals surface area contributed by atoms with Crippen molar-refractivity contribution in [2.75, 3.05) is 51.2 Å². The average Bonchev–Trinajstić information content (AvgIpc) is 4.31. The summed E-state index contributed by atoms with van der Waals surface area (Å²) in [6.45, 7) is -3.33. The zero-order chi connectivity index (χ0) is 57.3. The smallest absolute Gasteiger partial charge is 0.387 e. The maximum atomic E-state index is 13.7. The van der Waals surface area contributed by atoms with Gasteiger partial charge in [0.2, 0.25) is 23.6 Å². The number of rotatable bonds is 21. The van der Waals surface area contributed by atoms with Crippen LogP contribution in [0.2, 0.25) is 0 Å². The number of nitrogen functional groups attached to an aromatic ring is 3. The van der Waals surface area contributed by atoms with Gasteiger partial charge in [0.1, 0.15) is 54.6 Å². The van der Waals surface area contributed by atoms with Crippen LogP contribution in [0.1, 0.15) is 25.1 Å². The van der Waals surface area contributed by atoms with Crippen molar-refractivity contribution in [3.63, 3.8) is 0 Å². The van der Waals surface area contributed by atoms with Gasteiger partial charge in [-0.3, -0.25) is 56.1 Å². The van der Waals surface area contributed by atoms with Crippen LogP contribution in [-0.4, -0.2) is 177 Å². The number of hydrogen-bond acceptors (Lipinski definition) is 29. The van der Waals surface area contributed by atoms with Gasteiger partial charge in [-0.15, -0.1) is 0 Å². The number of aliphatic hydroxyl groups is 3. The predicted octanol–water partition coefficient (Wildman–Crippen LogP) is -4.32. The number of nitrogens with two attached hydrogens (primary N) is 3. The maximum absolute atomic E-state index is 13.7. The second kappa shape index (κ2) is 22.0. The summed E-state index contributed by atoms with van der Waals surface area (Å²) in [5.41, 5.74) is 15.5. The van der Waals surface area contributed by atoms with E-state index < -0.39 is 148 Å². The summed E-state index contributed by atoms with van der Waals surface area (Å²) < 4.78 is 110. The van der Waals surface area contributed by atoms with Gasteiger partial charge in [-0.1, -0.05) is 4.98 Å². The molecule has 0 spiro atoms. The van der Waals surface area contributed by atoms with Crippen LogP contribution in [0.4, 0.5) is 17.7 Å². The molecule has 1 amide bonds. The van der Waals surface area contributed by atoms with E-state index in [0.29, 0.717) is 0 Å². The van der Waals surface area contributed by atoms with Crippen LogP contribution in [0.25, 0.3) is 33.5 Å². The Morgan fingerprint density at radius 2 is 1.33 bits per heavy atom. The standard InChI is InChI=1S/C35H48N16O24P4/c1-39-16(52)4-12-13(70-31(20(12)53)51-11-48(2)19-28(51)45-35(38)47-30(19)57)5-68-77(60,61)74-79(64,65)75-78(62,63)69-7-15-23(24(66-3)33(72-15)49-9-42-17-25(36)40-8-41-26(17)49)73-76(58,59)67-6-14-21(54)22(55)32(71-14)50-10-43-18-27(50)44-34(37)46-29(18)56/h8-15,20-24,31-33,53-55H,4-7H2,1-3H3,(H12-,36,37,38,39,40,41,44,45,46,47,52,56,57,58,59,60,61,62,63,64,65)/p+1/t12-,13-,14-,15-,20-,21-,22-,23-,24-,31+,32-,33-/m1/s1. The number of phosphoric acid groups is 4. The molecular weight excluding hydrogens is 1150 g/mol. The average molecular weight is 1200 g/mol. The highest BCUT2D eigenvalue weighted by Gasteiger charge is 2.54. The minimum absolute atomic E-state index is 0.00371. The molecule has 44 heteroatoms. The van der Waals surface area contributed by atoms with Crippen LogP contribution in [0.15, 0.2) is 34.9 Å². The lowest BCUT2D eigenvalue weighted by Crippen LogP contribution is -2.45. The van der Waals surface area contributed by atoms with Crippen LogP contribution in [0.3, 0.4) is 0 Å². The molecule has 16 atom stereocenters. The summed E-state index contributed by atoms with van der Waals surface area (Å²) in [5, 5.41) is 35.5. The molecule has 0 bridgehead atoms. The molecule has 16 N–H and O–H groups in total. The number of ether oxygens (including phenoxy) is 4. The van der Waals surface area contributed by atoms with Crippen LogP contribution >= 0.6 is 31.3 Å². The van der Waals surface area contributed by atoms with Crippen LogP contribution in [0, 0.1) is 5.92 Å². The van der Waals surface area contributed by atoms with E-state index in [9.17, 15) is 67.5 Å². The molecule has 3 aliphatic heterocycles. The molecule has 0 aromatic carbocycles. The number of fused-ring (bicyclic) bond motifs is 3. The number of hydrogen-bond donors (Lipinski definition) is 13. The highest BCUT2D eigenvalue weighted by Crippen LogP contribution is 2.68. The first kappa shape index (κ1) is 58.0. The monoisotopic (exact) mass is 1200 g/mol. The van der Waals surface area contributed by atoms with Crippen LogP contribution in [-0.2, 0) is 75.8 Å². The highest BCUT2D eigenvalue weighted by atomic mass is 31.3. The molecule has 0 saturated carbocycles. The Hall–Kier alpha value is -5.64. The molecule has 3 saturated heterocycles. The number of aryl methyl sites for hydroxylation is 1. The van der Waals surface area contributed by atoms with Crippen molar-refractivity contribution in [2.24, 2.45) is 13.0 Å². The van der Waals surface area contributed by atoms with E-state index in [-0.39, 0.29) is 51.2 Å². The first-order valence-electron chi connectivity index (χ1n) is 22.6. The molecule has 6 aromatic heterocycles. The topological polar surface area (TPSA) is 571 Å². The fourth-order valence-corrected chi connectivity index (χ4v) is 13.4. The minimum Gasteiger partial charge on any atom is -0.387 e. The van der Waals surface area contributed by atoms with E-state index >= 15 is 0 Å². The molecule has 3 aliphatic rings. The number of H-pyrrole nitrogens is 2. The van der Waals surface area contributed by atoms with Crippen molar-refractivity contribution in [1.82, 2.24) is 58.9 Å². The Kier molecular flexibility index (Phi) is 16.2. The lowest BCUT2D eigenvalue weighted by atomic mass is 9.94. The summed E-state index contributed by atoms with van der Waals surface area (Å²) in [6, 6.07) is 0. The molecule has 6 aromatic rings. The van der Waals surface area contributed by atoms with Gasteiger partial charge in [0, 0.05) is 26.5 Å². The van der Waals surface area contributed by atoms with Crippen molar-refractivity contribution in [2.45, 2.75) is 73.9 Å². The molecule has 0 aliphatic carbocycles. The third-order valence-corrected chi connectivity index (χ3v) is 17.7. The molecule has 79 heavy (non-hydrogen) atoms. The van der Waals surface area contributed by atoms with Gasteiger partial charge < -0.3 is 76.4 Å². The SMILES string of the molecule is CNC(=O)C[C@H]1[C@@H](O)[C@@H]([n+]2cn(C)c3c(=O)[nH]c(N)nc32)O[C@@H]1COP(=O)(O)OP(=O)(O)OP(=O)(O)OC[C@H]1O[C@@H](n2cnc3c(N)ncnc32)[C@H](OC)[C@@H]1OP(=O)(O)OC[C@H]1O[C@@H](n2cnc3c(=O)[nH]c(N)nc32)[C@H](O)[C@@H]1O. The lowest BCUT2D eigenvalue weighted by molar-refractivity contribution is -0.745. The third kappa shape index (κ3) is 11.9.